The molecule has 3 nitrogen and oxygen atoms in total. The van der Waals surface area contributed by atoms with Crippen LogP contribution in [0.25, 0.3) is 0 Å². The predicted octanol–water partition coefficient (Wildman–Crippen LogP) is 7.09. The Hall–Kier alpha value is -2.78. The Bertz CT molecular complexity index is 1090. The number of nitrogens with one attached hydrogen (secondary N) is 1. The lowest BCUT2D eigenvalue weighted by Gasteiger charge is -2.61. The minimum atomic E-state index is -0.0768. The lowest BCUT2D eigenvalue weighted by molar-refractivity contribution is -0.0401. The van der Waals surface area contributed by atoms with Crippen molar-refractivity contribution in [3.63, 3.8) is 0 Å². The van der Waals surface area contributed by atoms with E-state index in [1.54, 1.807) is 7.11 Å². The van der Waals surface area contributed by atoms with Crippen molar-refractivity contribution in [2.75, 3.05) is 25.5 Å². The summed E-state index contributed by atoms with van der Waals surface area (Å²) < 4.78 is 5.86. The molecule has 2 atom stereocenters. The van der Waals surface area contributed by atoms with Gasteiger partial charge in [-0.05, 0) is 73.0 Å². The van der Waals surface area contributed by atoms with Gasteiger partial charge in [0.25, 0.3) is 0 Å². The van der Waals surface area contributed by atoms with Crippen LogP contribution in [-0.4, -0.2) is 36.7 Å². The maximum Gasteiger partial charge on any atom is 0.141 e. The van der Waals surface area contributed by atoms with Crippen LogP contribution in [-0.2, 0) is 5.41 Å². The van der Waals surface area contributed by atoms with Crippen molar-refractivity contribution < 1.29 is 4.74 Å². The van der Waals surface area contributed by atoms with Crippen LogP contribution >= 0.6 is 0 Å². The summed E-state index contributed by atoms with van der Waals surface area (Å²) in [5.74, 6) is 1.82. The van der Waals surface area contributed by atoms with Crippen molar-refractivity contribution >= 4 is 5.69 Å². The molecule has 3 aliphatic heterocycles. The highest BCUT2D eigenvalue weighted by molar-refractivity contribution is 5.60. The molecule has 2 bridgehead atoms. The zero-order chi connectivity index (χ0) is 24.6. The Morgan fingerprint density at radius 1 is 0.886 bits per heavy atom. The van der Waals surface area contributed by atoms with Gasteiger partial charge in [0.05, 0.1) is 12.8 Å². The molecule has 3 heterocycles. The van der Waals surface area contributed by atoms with E-state index in [9.17, 15) is 0 Å². The highest BCUT2D eigenvalue weighted by Gasteiger charge is 2.55. The van der Waals surface area contributed by atoms with E-state index in [0.29, 0.717) is 12.0 Å². The first-order valence-electron chi connectivity index (χ1n) is 13.1. The Morgan fingerprint density at radius 3 is 1.97 bits per heavy atom. The van der Waals surface area contributed by atoms with Crippen LogP contribution < -0.4 is 10.1 Å². The first-order chi connectivity index (χ1) is 16.8. The van der Waals surface area contributed by atoms with Gasteiger partial charge >= 0.3 is 0 Å². The summed E-state index contributed by atoms with van der Waals surface area (Å²) in [6.07, 6.45) is 2.48. The molecule has 3 heteroatoms. The van der Waals surface area contributed by atoms with E-state index in [1.807, 2.05) is 0 Å². The Kier molecular flexibility index (Phi) is 6.40. The molecule has 6 rings (SSSR count). The molecule has 0 spiro atoms. The summed E-state index contributed by atoms with van der Waals surface area (Å²) >= 11 is 0. The molecule has 35 heavy (non-hydrogen) atoms. The van der Waals surface area contributed by atoms with Gasteiger partial charge in [0.15, 0.2) is 0 Å². The van der Waals surface area contributed by atoms with E-state index in [-0.39, 0.29) is 16.9 Å². The maximum atomic E-state index is 5.86. The van der Waals surface area contributed by atoms with Gasteiger partial charge in [-0.1, -0.05) is 87.5 Å². The van der Waals surface area contributed by atoms with Crippen LogP contribution in [0.2, 0.25) is 0 Å². The van der Waals surface area contributed by atoms with Gasteiger partial charge in [-0.15, -0.1) is 0 Å². The number of nitrogens with zero attached hydrogens (tertiary/aromatic N) is 1. The lowest BCUT2D eigenvalue weighted by Crippen LogP contribution is -2.70. The third kappa shape index (κ3) is 4.36. The SMILES string of the molecule is COc1ccc(C(C)(C)C)cc1N[C@H]1C2CCN(CC2)[C@@]1(C)C(c1ccccc1)c1ccccc1. The largest absolute Gasteiger partial charge is 0.495 e. The van der Waals surface area contributed by atoms with Crippen molar-refractivity contribution in [2.24, 2.45) is 5.92 Å². The van der Waals surface area contributed by atoms with Gasteiger partial charge in [-0.2, -0.15) is 0 Å². The molecular formula is C32H40N2O. The molecule has 0 radical (unpaired) electrons. The fraction of sp³-hybridized carbons (Fsp3) is 0.438. The standard InChI is InChI=1S/C32H40N2O/c1-31(2,3)26-16-17-28(35-5)27(22-26)33-30-25-18-20-34(21-19-25)32(30,4)29(23-12-8-6-9-13-23)24-14-10-7-11-15-24/h6-17,22,25,29-30,33H,18-21H2,1-5H3/t30-,32-/m0/s1. The molecule has 3 fully saturated rings. The van der Waals surface area contributed by atoms with Gasteiger partial charge in [0.2, 0.25) is 0 Å². The van der Waals surface area contributed by atoms with Crippen LogP contribution in [0.15, 0.2) is 78.9 Å². The third-order valence-corrected chi connectivity index (χ3v) is 8.55. The molecule has 0 unspecified atom stereocenters. The van der Waals surface area contributed by atoms with E-state index in [0.717, 1.165) is 24.5 Å². The number of hydrogen-bond acceptors (Lipinski definition) is 3. The third-order valence-electron chi connectivity index (χ3n) is 8.55. The van der Waals surface area contributed by atoms with Crippen LogP contribution in [0.5, 0.6) is 5.75 Å². The molecule has 3 aliphatic rings. The smallest absolute Gasteiger partial charge is 0.141 e. The first-order valence-corrected chi connectivity index (χ1v) is 13.1. The molecule has 1 N–H and O–H groups in total. The number of ether oxygens (including phenoxy) is 1. The summed E-state index contributed by atoms with van der Waals surface area (Å²) in [4.78, 5) is 2.76. The van der Waals surface area contributed by atoms with Crippen molar-refractivity contribution in [1.29, 1.82) is 0 Å². The molecule has 184 valence electrons. The minimum Gasteiger partial charge on any atom is -0.495 e. The summed E-state index contributed by atoms with van der Waals surface area (Å²) in [6.45, 7) is 11.7. The first kappa shape index (κ1) is 23.9. The average molecular weight is 469 g/mol. The van der Waals surface area contributed by atoms with E-state index < -0.39 is 0 Å². The van der Waals surface area contributed by atoms with Crippen LogP contribution in [0, 0.1) is 5.92 Å². The zero-order valence-electron chi connectivity index (χ0n) is 21.9. The molecule has 0 aromatic heterocycles. The second-order valence-corrected chi connectivity index (χ2v) is 11.6. The monoisotopic (exact) mass is 468 g/mol. The van der Waals surface area contributed by atoms with Crippen LogP contribution in [0.4, 0.5) is 5.69 Å². The highest BCUT2D eigenvalue weighted by atomic mass is 16.5. The molecule has 0 aliphatic carbocycles. The normalized spacial score (nSPS) is 26.1. The number of piperidine rings is 3. The predicted molar refractivity (Wildman–Crippen MR) is 147 cm³/mol. The molecule has 0 saturated carbocycles. The lowest BCUT2D eigenvalue weighted by atomic mass is 9.62. The van der Waals surface area contributed by atoms with Gasteiger partial charge in [-0.3, -0.25) is 4.90 Å². The van der Waals surface area contributed by atoms with Gasteiger partial charge in [0, 0.05) is 17.5 Å². The molecule has 3 aromatic rings. The van der Waals surface area contributed by atoms with Gasteiger partial charge in [0.1, 0.15) is 5.75 Å². The van der Waals surface area contributed by atoms with Crippen molar-refractivity contribution in [3.8, 4) is 5.75 Å². The van der Waals surface area contributed by atoms with Crippen LogP contribution in [0.1, 0.15) is 63.1 Å². The van der Waals surface area contributed by atoms with Crippen molar-refractivity contribution in [2.45, 2.75) is 63.5 Å². The van der Waals surface area contributed by atoms with E-state index >= 15 is 0 Å². The Morgan fingerprint density at radius 2 is 1.46 bits per heavy atom. The Labute approximate surface area is 211 Å². The van der Waals surface area contributed by atoms with Gasteiger partial charge < -0.3 is 10.1 Å². The molecular weight excluding hydrogens is 428 g/mol. The number of rotatable bonds is 6. The quantitative estimate of drug-likeness (QED) is 0.418. The number of hydrogen-bond donors (Lipinski definition) is 1. The second kappa shape index (κ2) is 9.35. The maximum absolute atomic E-state index is 5.86. The fourth-order valence-corrected chi connectivity index (χ4v) is 6.63. The van der Waals surface area contributed by atoms with Gasteiger partial charge in [-0.25, -0.2) is 0 Å². The Balaban J connectivity index is 1.63. The summed E-state index contributed by atoms with van der Waals surface area (Å²) in [7, 11) is 1.78. The number of fused-ring (bicyclic) bond motifs is 3. The van der Waals surface area contributed by atoms with E-state index in [2.05, 4.69) is 117 Å². The average Bonchev–Trinajstić information content (AvgIpc) is 2.87. The molecule has 3 saturated heterocycles. The second-order valence-electron chi connectivity index (χ2n) is 11.6. The van der Waals surface area contributed by atoms with Crippen molar-refractivity contribution in [3.05, 3.63) is 95.6 Å². The van der Waals surface area contributed by atoms with E-state index in [1.165, 1.54) is 29.5 Å². The molecule has 3 aromatic carbocycles. The number of benzene rings is 3. The van der Waals surface area contributed by atoms with Crippen molar-refractivity contribution in [1.82, 2.24) is 4.90 Å². The number of anilines is 1. The van der Waals surface area contributed by atoms with Crippen LogP contribution in [0.3, 0.4) is 0 Å². The summed E-state index contributed by atoms with van der Waals surface area (Å²) in [5.41, 5.74) is 5.22. The summed E-state index contributed by atoms with van der Waals surface area (Å²) in [5, 5.41) is 4.09. The topological polar surface area (TPSA) is 24.5 Å². The minimum absolute atomic E-state index is 0.0768. The highest BCUT2D eigenvalue weighted by Crippen LogP contribution is 2.51. The molecule has 0 amide bonds. The number of methoxy groups -OCH3 is 1. The van der Waals surface area contributed by atoms with E-state index in [4.69, 9.17) is 4.74 Å². The fourth-order valence-electron chi connectivity index (χ4n) is 6.63. The zero-order valence-corrected chi connectivity index (χ0v) is 21.9. The summed E-state index contributed by atoms with van der Waals surface area (Å²) in [6, 6.07) is 29.2.